The van der Waals surface area contributed by atoms with Gasteiger partial charge in [0, 0.05) is 5.56 Å². The van der Waals surface area contributed by atoms with E-state index >= 15 is 0 Å². The maximum atomic E-state index is 12.6. The molecule has 0 aromatic heterocycles. The Hall–Kier alpha value is -3.32. The predicted octanol–water partition coefficient (Wildman–Crippen LogP) is 4.47. The van der Waals surface area contributed by atoms with Crippen molar-refractivity contribution in [3.8, 4) is 5.75 Å². The average molecular weight is 467 g/mol. The monoisotopic (exact) mass is 466 g/mol. The lowest BCUT2D eigenvalue weighted by Crippen LogP contribution is -2.36. The minimum atomic E-state index is -3.49. The van der Waals surface area contributed by atoms with E-state index < -0.39 is 10.0 Å². The minimum Gasteiger partial charge on any atom is -0.491 e. The van der Waals surface area contributed by atoms with E-state index in [-0.39, 0.29) is 18.5 Å². The van der Waals surface area contributed by atoms with Gasteiger partial charge in [0.1, 0.15) is 12.4 Å². The fraction of sp³-hybridized carbons (Fsp3) is 0.269. The molecule has 0 spiro atoms. The quantitative estimate of drug-likeness (QED) is 0.505. The van der Waals surface area contributed by atoms with Gasteiger partial charge in [-0.3, -0.25) is 9.10 Å². The minimum absolute atomic E-state index is 0.178. The molecule has 0 saturated carbocycles. The molecule has 33 heavy (non-hydrogen) atoms. The number of para-hydroxylation sites is 1. The van der Waals surface area contributed by atoms with Gasteiger partial charge in [-0.2, -0.15) is 0 Å². The normalized spacial score (nSPS) is 12.1. The van der Waals surface area contributed by atoms with Crippen molar-refractivity contribution in [1.82, 2.24) is 5.32 Å². The van der Waals surface area contributed by atoms with Gasteiger partial charge in [0.25, 0.3) is 5.91 Å². The molecule has 7 heteroatoms. The summed E-state index contributed by atoms with van der Waals surface area (Å²) in [6.45, 7) is 6.24. The van der Waals surface area contributed by atoms with Crippen LogP contribution >= 0.6 is 0 Å². The van der Waals surface area contributed by atoms with Crippen molar-refractivity contribution in [1.29, 1.82) is 0 Å². The van der Waals surface area contributed by atoms with Crippen LogP contribution < -0.4 is 14.4 Å². The largest absolute Gasteiger partial charge is 0.491 e. The first kappa shape index (κ1) is 24.3. The second-order valence-electron chi connectivity index (χ2n) is 8.26. The van der Waals surface area contributed by atoms with E-state index in [9.17, 15) is 13.2 Å². The summed E-state index contributed by atoms with van der Waals surface area (Å²) in [7, 11) is -3.49. The number of carbonyl (C=O) groups is 1. The molecule has 6 nitrogen and oxygen atoms in total. The number of nitrogens with one attached hydrogen (secondary N) is 1. The van der Waals surface area contributed by atoms with Crippen molar-refractivity contribution in [2.45, 2.75) is 33.4 Å². The van der Waals surface area contributed by atoms with Crippen LogP contribution in [0, 0.1) is 13.8 Å². The highest BCUT2D eigenvalue weighted by atomic mass is 32.2. The van der Waals surface area contributed by atoms with Crippen molar-refractivity contribution < 1.29 is 17.9 Å². The molecule has 0 aliphatic carbocycles. The number of hydrogen-bond donors (Lipinski definition) is 1. The van der Waals surface area contributed by atoms with Gasteiger partial charge < -0.3 is 10.1 Å². The third kappa shape index (κ3) is 6.83. The fourth-order valence-corrected chi connectivity index (χ4v) is 4.32. The van der Waals surface area contributed by atoms with Crippen molar-refractivity contribution in [2.24, 2.45) is 0 Å². The lowest BCUT2D eigenvalue weighted by Gasteiger charge is -2.25. The van der Waals surface area contributed by atoms with Gasteiger partial charge >= 0.3 is 0 Å². The van der Waals surface area contributed by atoms with Gasteiger partial charge in [0.05, 0.1) is 24.5 Å². The molecule has 1 N–H and O–H groups in total. The lowest BCUT2D eigenvalue weighted by atomic mass is 10.1. The van der Waals surface area contributed by atoms with E-state index in [2.05, 4.69) is 5.32 Å². The molecule has 0 radical (unpaired) electrons. The topological polar surface area (TPSA) is 75.7 Å². The molecule has 3 aromatic carbocycles. The smallest absolute Gasteiger partial charge is 0.251 e. The molecule has 0 saturated heterocycles. The van der Waals surface area contributed by atoms with Gasteiger partial charge in [0.15, 0.2) is 0 Å². The number of amides is 1. The van der Waals surface area contributed by atoms with E-state index in [1.165, 1.54) is 10.6 Å². The fourth-order valence-electron chi connectivity index (χ4n) is 3.38. The highest BCUT2D eigenvalue weighted by Gasteiger charge is 2.20. The van der Waals surface area contributed by atoms with Crippen LogP contribution in [-0.4, -0.2) is 33.2 Å². The molecule has 1 atom stereocenters. The van der Waals surface area contributed by atoms with Gasteiger partial charge in [-0.1, -0.05) is 42.5 Å². The van der Waals surface area contributed by atoms with Crippen LogP contribution in [0.15, 0.2) is 72.8 Å². The highest BCUT2D eigenvalue weighted by Crippen LogP contribution is 2.26. The third-order valence-electron chi connectivity index (χ3n) is 5.20. The Balaban J connectivity index is 1.65. The first-order valence-corrected chi connectivity index (χ1v) is 12.6. The molecule has 3 rings (SSSR count). The molecule has 0 aliphatic heterocycles. The molecule has 0 aliphatic rings. The summed E-state index contributed by atoms with van der Waals surface area (Å²) in [6, 6.07) is 22.0. The Labute approximate surface area is 196 Å². The molecular formula is C26H30N2O4S. The van der Waals surface area contributed by atoms with Crippen LogP contribution in [0.4, 0.5) is 5.69 Å². The molecule has 0 bridgehead atoms. The summed E-state index contributed by atoms with van der Waals surface area (Å²) >= 11 is 0. The standard InChI is InChI=1S/C26H30N2O4S/c1-19-10-11-20(2)25(16-19)28(33(4,30)31)17-22-12-14-23(15-13-22)26(29)27-21(3)18-32-24-8-6-5-7-9-24/h5-16,21H,17-18H2,1-4H3,(H,27,29). The van der Waals surface area contributed by atoms with Crippen LogP contribution in [0.25, 0.3) is 0 Å². The number of nitrogens with zero attached hydrogens (tertiary/aromatic N) is 1. The SMILES string of the molecule is Cc1ccc(C)c(N(Cc2ccc(C(=O)NC(C)COc3ccccc3)cc2)S(C)(=O)=O)c1. The molecule has 0 heterocycles. The zero-order chi connectivity index (χ0) is 24.0. The zero-order valence-electron chi connectivity index (χ0n) is 19.4. The maximum absolute atomic E-state index is 12.6. The summed E-state index contributed by atoms with van der Waals surface area (Å²) in [5.74, 6) is 0.544. The van der Waals surface area contributed by atoms with Gasteiger partial charge in [-0.05, 0) is 67.8 Å². The molecular weight excluding hydrogens is 436 g/mol. The van der Waals surface area contributed by atoms with Gasteiger partial charge in [-0.25, -0.2) is 8.42 Å². The first-order valence-electron chi connectivity index (χ1n) is 10.8. The van der Waals surface area contributed by atoms with E-state index in [0.717, 1.165) is 22.4 Å². The van der Waals surface area contributed by atoms with E-state index in [0.29, 0.717) is 17.9 Å². The molecule has 1 amide bonds. The zero-order valence-corrected chi connectivity index (χ0v) is 20.2. The Morgan fingerprint density at radius 1 is 1.00 bits per heavy atom. The van der Waals surface area contributed by atoms with Crippen molar-refractivity contribution in [3.63, 3.8) is 0 Å². The Morgan fingerprint density at radius 3 is 2.30 bits per heavy atom. The van der Waals surface area contributed by atoms with Crippen LogP contribution in [-0.2, 0) is 16.6 Å². The van der Waals surface area contributed by atoms with Crippen molar-refractivity contribution in [2.75, 3.05) is 17.2 Å². The second-order valence-corrected chi connectivity index (χ2v) is 10.2. The number of rotatable bonds is 9. The van der Waals surface area contributed by atoms with Gasteiger partial charge in [-0.15, -0.1) is 0 Å². The van der Waals surface area contributed by atoms with Crippen LogP contribution in [0.5, 0.6) is 5.75 Å². The van der Waals surface area contributed by atoms with E-state index in [1.807, 2.05) is 69.3 Å². The van der Waals surface area contributed by atoms with E-state index in [4.69, 9.17) is 4.74 Å². The first-order chi connectivity index (χ1) is 15.6. The number of benzene rings is 3. The number of sulfonamides is 1. The lowest BCUT2D eigenvalue weighted by molar-refractivity contribution is 0.0926. The Bertz CT molecular complexity index is 1190. The van der Waals surface area contributed by atoms with Gasteiger partial charge in [0.2, 0.25) is 10.0 Å². The second kappa shape index (κ2) is 10.5. The average Bonchev–Trinajstić information content (AvgIpc) is 2.78. The molecule has 3 aromatic rings. The van der Waals surface area contributed by atoms with Crippen molar-refractivity contribution in [3.05, 3.63) is 95.1 Å². The summed E-state index contributed by atoms with van der Waals surface area (Å²) in [4.78, 5) is 12.6. The van der Waals surface area contributed by atoms with Crippen LogP contribution in [0.2, 0.25) is 0 Å². The maximum Gasteiger partial charge on any atom is 0.251 e. The Kier molecular flexibility index (Phi) is 7.76. The highest BCUT2D eigenvalue weighted by molar-refractivity contribution is 7.92. The summed E-state index contributed by atoms with van der Waals surface area (Å²) in [5, 5.41) is 2.92. The third-order valence-corrected chi connectivity index (χ3v) is 6.32. The van der Waals surface area contributed by atoms with Crippen LogP contribution in [0.3, 0.4) is 0 Å². The molecule has 174 valence electrons. The number of ether oxygens (including phenoxy) is 1. The van der Waals surface area contributed by atoms with E-state index in [1.54, 1.807) is 24.3 Å². The molecule has 1 unspecified atom stereocenters. The Morgan fingerprint density at radius 2 is 1.67 bits per heavy atom. The summed E-state index contributed by atoms with van der Waals surface area (Å²) in [6.07, 6.45) is 1.20. The summed E-state index contributed by atoms with van der Waals surface area (Å²) < 4.78 is 32.1. The summed E-state index contributed by atoms with van der Waals surface area (Å²) in [5.41, 5.74) is 3.82. The number of hydrogen-bond acceptors (Lipinski definition) is 4. The van der Waals surface area contributed by atoms with Crippen molar-refractivity contribution >= 4 is 21.6 Å². The van der Waals surface area contributed by atoms with Crippen LogP contribution in [0.1, 0.15) is 34.0 Å². The molecule has 0 fully saturated rings. The number of anilines is 1. The number of carbonyl (C=O) groups excluding carboxylic acids is 1. The predicted molar refractivity (Wildman–Crippen MR) is 132 cm³/mol. The number of aryl methyl sites for hydroxylation is 2.